The third-order valence-corrected chi connectivity index (χ3v) is 5.78. The van der Waals surface area contributed by atoms with Gasteiger partial charge in [0.2, 0.25) is 0 Å². The number of benzene rings is 2. The van der Waals surface area contributed by atoms with Crippen molar-refractivity contribution in [3.63, 3.8) is 0 Å². The lowest BCUT2D eigenvalue weighted by atomic mass is 10.1. The summed E-state index contributed by atoms with van der Waals surface area (Å²) in [4.78, 5) is 10.7. The average molecular weight is 520 g/mol. The number of hydrogen-bond acceptors (Lipinski definition) is 3. The first kappa shape index (κ1) is 22.1. The Morgan fingerprint density at radius 3 is 2.56 bits per heavy atom. The topological polar surface area (TPSA) is 58.6 Å². The van der Waals surface area contributed by atoms with Crippen molar-refractivity contribution in [2.75, 3.05) is 5.32 Å². The Bertz CT molecular complexity index is 791. The van der Waals surface area contributed by atoms with Crippen LogP contribution in [0.5, 0.6) is 5.75 Å². The minimum atomic E-state index is -0.817. The van der Waals surface area contributed by atoms with Crippen LogP contribution in [0.1, 0.15) is 37.8 Å². The molecule has 0 saturated heterocycles. The van der Waals surface area contributed by atoms with E-state index in [1.807, 2.05) is 30.3 Å². The maximum Gasteiger partial charge on any atom is 0.303 e. The van der Waals surface area contributed by atoms with Gasteiger partial charge in [-0.15, -0.1) is 0 Å². The summed E-state index contributed by atoms with van der Waals surface area (Å²) in [6.07, 6.45) is 1.55. The normalized spacial score (nSPS) is 11.9. The minimum absolute atomic E-state index is 0.0880. The monoisotopic (exact) mass is 517 g/mol. The van der Waals surface area contributed by atoms with E-state index in [1.165, 1.54) is 0 Å². The van der Waals surface area contributed by atoms with Gasteiger partial charge in [0, 0.05) is 18.0 Å². The van der Waals surface area contributed by atoms with Gasteiger partial charge in [0.25, 0.3) is 0 Å². The molecule has 0 aliphatic heterocycles. The Morgan fingerprint density at radius 1 is 1.30 bits per heavy atom. The predicted octanol–water partition coefficient (Wildman–Crippen LogP) is 6.67. The van der Waals surface area contributed by atoms with Gasteiger partial charge in [0.15, 0.2) is 0 Å². The van der Waals surface area contributed by atoms with E-state index in [9.17, 15) is 4.79 Å². The number of carboxylic acids is 1. The summed E-state index contributed by atoms with van der Waals surface area (Å²) in [5, 5.41) is 12.9. The van der Waals surface area contributed by atoms with Crippen LogP contribution < -0.4 is 10.1 Å². The quantitative estimate of drug-likeness (QED) is 0.388. The third kappa shape index (κ3) is 6.40. The molecule has 0 aliphatic carbocycles. The molecule has 0 saturated carbocycles. The van der Waals surface area contributed by atoms with Gasteiger partial charge in [0.1, 0.15) is 12.4 Å². The number of nitrogens with one attached hydrogen (secondary N) is 1. The number of carbonyl (C=O) groups is 1. The first-order valence-electron chi connectivity index (χ1n) is 8.68. The molecule has 2 aromatic rings. The number of carboxylic acid groups (broad SMARTS) is 1. The first-order valence-corrected chi connectivity index (χ1v) is 10.6. The van der Waals surface area contributed by atoms with Gasteiger partial charge < -0.3 is 15.2 Å². The molecule has 0 bridgehead atoms. The highest BCUT2D eigenvalue weighted by Crippen LogP contribution is 2.36. The van der Waals surface area contributed by atoms with E-state index in [2.05, 4.69) is 51.0 Å². The summed E-state index contributed by atoms with van der Waals surface area (Å²) in [6.45, 7) is 4.55. The maximum atomic E-state index is 10.7. The lowest BCUT2D eigenvalue weighted by Crippen LogP contribution is -2.14. The second-order valence-corrected chi connectivity index (χ2v) is 8.39. The molecule has 0 spiro atoms. The third-order valence-electron chi connectivity index (χ3n) is 4.15. The highest BCUT2D eigenvalue weighted by molar-refractivity contribution is 9.11. The van der Waals surface area contributed by atoms with E-state index in [4.69, 9.17) is 21.4 Å². The summed E-state index contributed by atoms with van der Waals surface area (Å²) in [5.74, 6) is -0.159. The fourth-order valence-electron chi connectivity index (χ4n) is 2.47. The molecular weight excluding hydrogens is 497 g/mol. The van der Waals surface area contributed by atoms with Crippen LogP contribution in [0.15, 0.2) is 39.3 Å². The molecule has 0 amide bonds. The Morgan fingerprint density at radius 2 is 1.96 bits per heavy atom. The van der Waals surface area contributed by atoms with Gasteiger partial charge in [-0.1, -0.05) is 30.7 Å². The van der Waals surface area contributed by atoms with Gasteiger partial charge in [-0.05, 0) is 75.4 Å². The number of halogens is 3. The van der Waals surface area contributed by atoms with Crippen molar-refractivity contribution in [3.8, 4) is 5.75 Å². The summed E-state index contributed by atoms with van der Waals surface area (Å²) in [6, 6.07) is 9.94. The molecule has 0 radical (unpaired) electrons. The summed E-state index contributed by atoms with van der Waals surface area (Å²) in [5.41, 5.74) is 2.70. The van der Waals surface area contributed by atoms with Crippen LogP contribution in [-0.4, -0.2) is 17.1 Å². The highest BCUT2D eigenvalue weighted by atomic mass is 79.9. The van der Waals surface area contributed by atoms with E-state index < -0.39 is 5.97 Å². The summed E-state index contributed by atoms with van der Waals surface area (Å²) in [7, 11) is 0. The largest absolute Gasteiger partial charge is 0.486 e. The molecular formula is C20H22Br2ClNO3. The SMILES string of the molecule is CCC(C)Nc1cccc(COc2c(Br)cc(CCC(=O)O)cc2Br)c1Cl. The fourth-order valence-corrected chi connectivity index (χ4v) is 4.21. The van der Waals surface area contributed by atoms with Crippen molar-refractivity contribution >= 4 is 55.1 Å². The molecule has 1 atom stereocenters. The van der Waals surface area contributed by atoms with E-state index in [0.717, 1.165) is 32.2 Å². The molecule has 0 heterocycles. The molecule has 4 nitrogen and oxygen atoms in total. The van der Waals surface area contributed by atoms with E-state index in [1.54, 1.807) is 0 Å². The Labute approximate surface area is 181 Å². The van der Waals surface area contributed by atoms with Gasteiger partial charge in [-0.2, -0.15) is 0 Å². The van der Waals surface area contributed by atoms with Crippen LogP contribution in [0.3, 0.4) is 0 Å². The number of aryl methyl sites for hydroxylation is 1. The number of aliphatic carboxylic acids is 1. The van der Waals surface area contributed by atoms with Crippen molar-refractivity contribution in [2.24, 2.45) is 0 Å². The molecule has 0 aliphatic rings. The molecule has 27 heavy (non-hydrogen) atoms. The van der Waals surface area contributed by atoms with Gasteiger partial charge >= 0.3 is 5.97 Å². The minimum Gasteiger partial charge on any atom is -0.486 e. The molecule has 2 aromatic carbocycles. The molecule has 146 valence electrons. The zero-order chi connectivity index (χ0) is 20.0. The number of rotatable bonds is 9. The molecule has 0 aromatic heterocycles. The van der Waals surface area contributed by atoms with Crippen molar-refractivity contribution in [3.05, 3.63) is 55.4 Å². The van der Waals surface area contributed by atoms with E-state index >= 15 is 0 Å². The second kappa shape index (κ2) is 10.3. The number of ether oxygens (including phenoxy) is 1. The number of anilines is 1. The van der Waals surface area contributed by atoms with Crippen LogP contribution in [0.25, 0.3) is 0 Å². The highest BCUT2D eigenvalue weighted by Gasteiger charge is 2.13. The Hall–Kier alpha value is -1.24. The lowest BCUT2D eigenvalue weighted by Gasteiger charge is -2.17. The number of hydrogen-bond donors (Lipinski definition) is 2. The van der Waals surface area contributed by atoms with Crippen LogP contribution in [0.4, 0.5) is 5.69 Å². The van der Waals surface area contributed by atoms with Gasteiger partial charge in [-0.3, -0.25) is 4.79 Å². The standard InChI is InChI=1S/C20H22Br2ClNO3/c1-3-12(2)24-17-6-4-5-14(19(17)23)11-27-20-15(21)9-13(10-16(20)22)7-8-18(25)26/h4-6,9-10,12,24H,3,7-8,11H2,1-2H3,(H,25,26). The summed E-state index contributed by atoms with van der Waals surface area (Å²) >= 11 is 13.5. The smallest absolute Gasteiger partial charge is 0.303 e. The molecule has 1 unspecified atom stereocenters. The first-order chi connectivity index (χ1) is 12.8. The van der Waals surface area contributed by atoms with Crippen LogP contribution in [-0.2, 0) is 17.8 Å². The van der Waals surface area contributed by atoms with E-state index in [0.29, 0.717) is 29.8 Å². The van der Waals surface area contributed by atoms with Gasteiger partial charge in [-0.25, -0.2) is 0 Å². The maximum absolute atomic E-state index is 10.7. The van der Waals surface area contributed by atoms with Crippen molar-refractivity contribution < 1.29 is 14.6 Å². The zero-order valence-electron chi connectivity index (χ0n) is 15.2. The second-order valence-electron chi connectivity index (χ2n) is 6.30. The molecule has 2 rings (SSSR count). The Balaban J connectivity index is 2.12. The van der Waals surface area contributed by atoms with Crippen molar-refractivity contribution in [2.45, 2.75) is 45.8 Å². The fraction of sp³-hybridized carbons (Fsp3) is 0.350. The molecule has 7 heteroatoms. The zero-order valence-corrected chi connectivity index (χ0v) is 19.1. The van der Waals surface area contributed by atoms with Crippen LogP contribution >= 0.6 is 43.5 Å². The van der Waals surface area contributed by atoms with Crippen molar-refractivity contribution in [1.82, 2.24) is 0 Å². The Kier molecular flexibility index (Phi) is 8.45. The average Bonchev–Trinajstić information content (AvgIpc) is 2.61. The summed E-state index contributed by atoms with van der Waals surface area (Å²) < 4.78 is 7.51. The lowest BCUT2D eigenvalue weighted by molar-refractivity contribution is -0.136. The van der Waals surface area contributed by atoms with Crippen LogP contribution in [0, 0.1) is 0 Å². The van der Waals surface area contributed by atoms with Crippen molar-refractivity contribution in [1.29, 1.82) is 0 Å². The molecule has 0 fully saturated rings. The molecule has 2 N–H and O–H groups in total. The van der Waals surface area contributed by atoms with E-state index in [-0.39, 0.29) is 6.42 Å². The van der Waals surface area contributed by atoms with Crippen LogP contribution in [0.2, 0.25) is 5.02 Å². The van der Waals surface area contributed by atoms with Gasteiger partial charge in [0.05, 0.1) is 19.7 Å². The predicted molar refractivity (Wildman–Crippen MR) is 117 cm³/mol.